The van der Waals surface area contributed by atoms with Gasteiger partial charge in [-0.25, -0.2) is 9.36 Å². The lowest BCUT2D eigenvalue weighted by Gasteiger charge is -2.41. The van der Waals surface area contributed by atoms with Gasteiger partial charge >= 0.3 is 19.8 Å². The maximum atomic E-state index is 12.7. The van der Waals surface area contributed by atoms with Gasteiger partial charge in [0.1, 0.15) is 43.2 Å². The van der Waals surface area contributed by atoms with Gasteiger partial charge in [0, 0.05) is 12.5 Å². The fourth-order valence-corrected chi connectivity index (χ4v) is 6.97. The van der Waals surface area contributed by atoms with E-state index < -0.39 is 75.7 Å². The van der Waals surface area contributed by atoms with Gasteiger partial charge in [0.2, 0.25) is 0 Å². The largest absolute Gasteiger partial charge is 0.472 e. The first-order valence-corrected chi connectivity index (χ1v) is 21.7. The van der Waals surface area contributed by atoms with Gasteiger partial charge in [0.25, 0.3) is 0 Å². The number of hydrogen-bond donors (Lipinski definition) is 6. The molecule has 0 aliphatic heterocycles. The number of ether oxygens (including phenoxy) is 2. The lowest BCUT2D eigenvalue weighted by Crippen LogP contribution is -2.64. The monoisotopic (exact) mass is 778 g/mol. The summed E-state index contributed by atoms with van der Waals surface area (Å²) in [5, 5.41) is 49.9. The number of rotatable bonds is 32. The highest BCUT2D eigenvalue weighted by atomic mass is 31.2. The first kappa shape index (κ1) is 49.3. The van der Waals surface area contributed by atoms with Crippen LogP contribution in [-0.4, -0.2) is 98.3 Å². The highest BCUT2D eigenvalue weighted by Crippen LogP contribution is 2.47. The number of carbonyl (C=O) groups excluding carboxylic acids is 2. The summed E-state index contributed by atoms with van der Waals surface area (Å²) in [6.07, 6.45) is 17.4. The van der Waals surface area contributed by atoms with E-state index in [4.69, 9.17) is 18.5 Å². The van der Waals surface area contributed by atoms with Crippen LogP contribution < -0.4 is 0 Å². The lowest BCUT2D eigenvalue weighted by atomic mass is 9.85. The Labute approximate surface area is 317 Å². The molecule has 6 N–H and O–H groups in total. The zero-order valence-corrected chi connectivity index (χ0v) is 33.2. The number of aliphatic hydroxyl groups is 5. The second-order valence-electron chi connectivity index (χ2n) is 14.2. The van der Waals surface area contributed by atoms with E-state index in [0.29, 0.717) is 12.8 Å². The number of phosphoric ester groups is 1. The minimum absolute atomic E-state index is 0.155. The molecule has 1 saturated carbocycles. The average molecular weight is 779 g/mol. The van der Waals surface area contributed by atoms with E-state index in [2.05, 4.69) is 26.0 Å². The molecule has 1 aliphatic carbocycles. The number of hydrogen-bond acceptors (Lipinski definition) is 12. The third-order valence-corrected chi connectivity index (χ3v) is 10.3. The van der Waals surface area contributed by atoms with Crippen LogP contribution in [0.5, 0.6) is 0 Å². The van der Waals surface area contributed by atoms with Crippen molar-refractivity contribution in [2.75, 3.05) is 13.2 Å². The number of phosphoric acid groups is 1. The van der Waals surface area contributed by atoms with Crippen LogP contribution in [0.4, 0.5) is 0 Å². The van der Waals surface area contributed by atoms with Crippen molar-refractivity contribution in [3.05, 3.63) is 24.3 Å². The number of aliphatic hydroxyl groups excluding tert-OH is 5. The molecular formula is C39H71O13P. The Bertz CT molecular complexity index is 1040. The van der Waals surface area contributed by atoms with E-state index in [1.807, 2.05) is 0 Å². The Balaban J connectivity index is 2.56. The van der Waals surface area contributed by atoms with Gasteiger partial charge in [-0.2, -0.15) is 0 Å². The summed E-state index contributed by atoms with van der Waals surface area (Å²) in [6.45, 7) is 3.16. The van der Waals surface area contributed by atoms with Gasteiger partial charge in [0.15, 0.2) is 6.10 Å². The van der Waals surface area contributed by atoms with Crippen molar-refractivity contribution in [3.8, 4) is 0 Å². The molecule has 1 rings (SSSR count). The standard InChI is InChI=1S/C39H71O13P/c1-3-5-7-9-11-13-14-15-16-17-18-20-22-24-26-28-33(41)51-31(29-49-32(40)27-25-23-21-19-12-10-8-6-4-2)30-50-53(47,48)52-39-37(45)35(43)34(42)36(44)38(39)46/h15-16,26,28,31,34-39,42-46H,3-14,17-25,27,29-30H2,1-2H3,(H,47,48). The van der Waals surface area contributed by atoms with Crippen LogP contribution in [0, 0.1) is 0 Å². The van der Waals surface area contributed by atoms with Crippen molar-refractivity contribution in [3.63, 3.8) is 0 Å². The Morgan fingerprint density at radius 2 is 1.04 bits per heavy atom. The third-order valence-electron chi connectivity index (χ3n) is 9.34. The van der Waals surface area contributed by atoms with Crippen LogP contribution >= 0.6 is 7.82 Å². The van der Waals surface area contributed by atoms with Crippen molar-refractivity contribution in [2.45, 2.75) is 198 Å². The predicted molar refractivity (Wildman–Crippen MR) is 203 cm³/mol. The number of carbonyl (C=O) groups is 2. The van der Waals surface area contributed by atoms with Crippen LogP contribution in [0.2, 0.25) is 0 Å². The normalized spacial score (nSPS) is 23.7. The van der Waals surface area contributed by atoms with Gasteiger partial charge in [0.05, 0.1) is 6.61 Å². The van der Waals surface area contributed by atoms with E-state index in [1.165, 1.54) is 76.7 Å². The summed E-state index contributed by atoms with van der Waals surface area (Å²) < 4.78 is 33.2. The molecule has 14 heteroatoms. The summed E-state index contributed by atoms with van der Waals surface area (Å²) in [5.74, 6) is -1.31. The van der Waals surface area contributed by atoms with Crippen LogP contribution in [0.3, 0.4) is 0 Å². The van der Waals surface area contributed by atoms with Crippen molar-refractivity contribution in [2.24, 2.45) is 0 Å². The van der Waals surface area contributed by atoms with Crippen LogP contribution in [0.25, 0.3) is 0 Å². The molecule has 0 aromatic heterocycles. The molecule has 1 aliphatic rings. The Hall–Kier alpha value is -1.67. The molecule has 0 aromatic rings. The lowest BCUT2D eigenvalue weighted by molar-refractivity contribution is -0.220. The third kappa shape index (κ3) is 23.8. The van der Waals surface area contributed by atoms with E-state index >= 15 is 0 Å². The topological polar surface area (TPSA) is 210 Å². The number of allylic oxidation sites excluding steroid dienone is 3. The molecule has 13 nitrogen and oxygen atoms in total. The second kappa shape index (κ2) is 30.5. The fraction of sp³-hybridized carbons (Fsp3) is 0.846. The Morgan fingerprint density at radius 1 is 0.604 bits per heavy atom. The minimum Gasteiger partial charge on any atom is -0.462 e. The summed E-state index contributed by atoms with van der Waals surface area (Å²) in [5.41, 5.74) is 0. The van der Waals surface area contributed by atoms with Gasteiger partial charge in [-0.3, -0.25) is 13.8 Å². The van der Waals surface area contributed by atoms with Crippen molar-refractivity contribution in [1.82, 2.24) is 0 Å². The van der Waals surface area contributed by atoms with E-state index in [1.54, 1.807) is 6.08 Å². The highest BCUT2D eigenvalue weighted by molar-refractivity contribution is 7.47. The molecule has 0 radical (unpaired) electrons. The Kier molecular flexibility index (Phi) is 28.4. The van der Waals surface area contributed by atoms with Crippen LogP contribution in [0.15, 0.2) is 24.3 Å². The molecule has 53 heavy (non-hydrogen) atoms. The summed E-state index contributed by atoms with van der Waals surface area (Å²) in [6, 6.07) is 0. The highest BCUT2D eigenvalue weighted by Gasteiger charge is 2.51. The zero-order valence-electron chi connectivity index (χ0n) is 32.3. The summed E-state index contributed by atoms with van der Waals surface area (Å²) in [4.78, 5) is 35.3. The maximum absolute atomic E-state index is 12.7. The first-order valence-electron chi connectivity index (χ1n) is 20.2. The maximum Gasteiger partial charge on any atom is 0.472 e. The first-order chi connectivity index (χ1) is 25.4. The molecule has 0 saturated heterocycles. The molecule has 1 fully saturated rings. The smallest absolute Gasteiger partial charge is 0.462 e. The molecular weight excluding hydrogens is 707 g/mol. The number of esters is 2. The quantitative estimate of drug-likeness (QED) is 0.0142. The van der Waals surface area contributed by atoms with E-state index in [0.717, 1.165) is 51.4 Å². The van der Waals surface area contributed by atoms with Gasteiger partial charge < -0.3 is 39.9 Å². The molecule has 0 amide bonds. The molecule has 0 heterocycles. The second-order valence-corrected chi connectivity index (χ2v) is 15.6. The molecule has 310 valence electrons. The average Bonchev–Trinajstić information content (AvgIpc) is 3.13. The predicted octanol–water partition coefficient (Wildman–Crippen LogP) is 6.50. The van der Waals surface area contributed by atoms with Crippen molar-refractivity contribution >= 4 is 19.8 Å². The number of unbranched alkanes of at least 4 members (excludes halogenated alkanes) is 18. The van der Waals surface area contributed by atoms with Gasteiger partial charge in [-0.05, 0) is 44.9 Å². The molecule has 0 bridgehead atoms. The van der Waals surface area contributed by atoms with Crippen molar-refractivity contribution in [1.29, 1.82) is 0 Å². The summed E-state index contributed by atoms with van der Waals surface area (Å²) >= 11 is 0. The van der Waals surface area contributed by atoms with Crippen molar-refractivity contribution < 1.29 is 63.1 Å². The molecule has 6 unspecified atom stereocenters. The van der Waals surface area contributed by atoms with E-state index in [9.17, 15) is 44.6 Å². The van der Waals surface area contributed by atoms with Gasteiger partial charge in [-0.1, -0.05) is 122 Å². The van der Waals surface area contributed by atoms with Crippen LogP contribution in [0.1, 0.15) is 155 Å². The Morgan fingerprint density at radius 3 is 1.57 bits per heavy atom. The molecule has 0 spiro atoms. The fourth-order valence-electron chi connectivity index (χ4n) is 6.00. The minimum atomic E-state index is -5.12. The summed E-state index contributed by atoms with van der Waals surface area (Å²) in [7, 11) is -5.12. The van der Waals surface area contributed by atoms with Crippen LogP contribution in [-0.2, 0) is 32.7 Å². The zero-order chi connectivity index (χ0) is 39.3. The SMILES string of the molecule is CCCCCCCCC=CCCCCCC=CC(=O)OC(COC(=O)CCCCCCCCCCC)COP(=O)(O)OC1C(O)C(O)C(O)C(O)C1O. The molecule has 0 aromatic carbocycles. The molecule has 6 atom stereocenters. The van der Waals surface area contributed by atoms with Gasteiger partial charge in [-0.15, -0.1) is 0 Å². The van der Waals surface area contributed by atoms with E-state index in [-0.39, 0.29) is 6.42 Å².